The summed E-state index contributed by atoms with van der Waals surface area (Å²) in [7, 11) is 7.12. The summed E-state index contributed by atoms with van der Waals surface area (Å²) < 4.78 is 12.3. The molecule has 1 heterocycles. The summed E-state index contributed by atoms with van der Waals surface area (Å²) in [6.45, 7) is 1.33. The number of nitrogens with one attached hydrogen (secondary N) is 1. The Morgan fingerprint density at radius 3 is 2.17 bits per heavy atom. The lowest BCUT2D eigenvalue weighted by atomic mass is 10.2. The van der Waals surface area contributed by atoms with Gasteiger partial charge in [-0.3, -0.25) is 4.99 Å². The molecule has 0 aliphatic carbocycles. The zero-order valence-electron chi connectivity index (χ0n) is 17.7. The Balaban J connectivity index is 0.00000320. The van der Waals surface area contributed by atoms with Gasteiger partial charge < -0.3 is 19.7 Å². The van der Waals surface area contributed by atoms with E-state index >= 15 is 0 Å². The number of halogens is 1. The maximum atomic E-state index is 5.21. The van der Waals surface area contributed by atoms with E-state index in [-0.39, 0.29) is 24.0 Å². The quantitative estimate of drug-likeness (QED) is 0.292. The summed E-state index contributed by atoms with van der Waals surface area (Å²) in [6, 6.07) is 17.8. The van der Waals surface area contributed by atoms with Crippen LogP contribution < -0.4 is 14.8 Å². The second-order valence-electron chi connectivity index (χ2n) is 6.55. The van der Waals surface area contributed by atoms with Gasteiger partial charge >= 0.3 is 0 Å². The number of ether oxygens (including phenoxy) is 2. The second-order valence-corrected chi connectivity index (χ2v) is 6.55. The minimum Gasteiger partial charge on any atom is -0.497 e. The third kappa shape index (κ3) is 6.12. The maximum absolute atomic E-state index is 5.21. The number of aromatic nitrogens is 2. The molecule has 0 aliphatic heterocycles. The minimum atomic E-state index is 0. The fourth-order valence-corrected chi connectivity index (χ4v) is 2.97. The molecule has 0 bridgehead atoms. The van der Waals surface area contributed by atoms with Gasteiger partial charge in [0, 0.05) is 26.8 Å². The Morgan fingerprint density at radius 1 is 1.00 bits per heavy atom. The number of rotatable bonds is 7. The predicted octanol–water partition coefficient (Wildman–Crippen LogP) is 3.71. The van der Waals surface area contributed by atoms with E-state index in [2.05, 4.69) is 32.4 Å². The molecule has 3 rings (SSSR count). The fraction of sp³-hybridized carbons (Fsp3) is 0.273. The smallest absolute Gasteiger partial charge is 0.194 e. The number of nitrogens with zero attached hydrogens (tertiary/aromatic N) is 4. The Labute approximate surface area is 194 Å². The third-order valence-electron chi connectivity index (χ3n) is 4.56. The molecule has 160 valence electrons. The number of hydrogen-bond donors (Lipinski definition) is 1. The first-order valence-corrected chi connectivity index (χ1v) is 9.36. The van der Waals surface area contributed by atoms with Crippen LogP contribution in [0, 0.1) is 0 Å². The van der Waals surface area contributed by atoms with Crippen LogP contribution in [0.5, 0.6) is 11.5 Å². The number of hydrogen-bond acceptors (Lipinski definition) is 4. The van der Waals surface area contributed by atoms with Crippen molar-refractivity contribution in [1.82, 2.24) is 20.0 Å². The summed E-state index contributed by atoms with van der Waals surface area (Å²) in [4.78, 5) is 6.45. The number of benzene rings is 2. The predicted molar refractivity (Wildman–Crippen MR) is 130 cm³/mol. The van der Waals surface area contributed by atoms with Crippen molar-refractivity contribution in [2.75, 3.05) is 28.3 Å². The first kappa shape index (κ1) is 23.5. The molecule has 0 radical (unpaired) electrons. The Kier molecular flexibility index (Phi) is 8.97. The lowest BCUT2D eigenvalue weighted by Crippen LogP contribution is -2.38. The van der Waals surface area contributed by atoms with Crippen LogP contribution in [0.2, 0.25) is 0 Å². The molecule has 1 N–H and O–H groups in total. The van der Waals surface area contributed by atoms with E-state index in [1.807, 2.05) is 60.4 Å². The van der Waals surface area contributed by atoms with Gasteiger partial charge in [0.1, 0.15) is 11.5 Å². The molecule has 0 atom stereocenters. The molecule has 8 heteroatoms. The standard InChI is InChI=1S/C22H27N5O2.HI/c1-23-22(26(2)16-17-5-9-20(28-3)10-6-17)24-15-18-13-14-27(25-18)19-7-11-21(29-4)12-8-19;/h5-14H,15-16H2,1-4H3,(H,23,24);1H. The van der Waals surface area contributed by atoms with Gasteiger partial charge in [0.05, 0.1) is 32.1 Å². The highest BCUT2D eigenvalue weighted by atomic mass is 127. The summed E-state index contributed by atoms with van der Waals surface area (Å²) in [6.07, 6.45) is 1.95. The number of aliphatic imine (C=N–C) groups is 1. The first-order valence-electron chi connectivity index (χ1n) is 9.36. The van der Waals surface area contributed by atoms with E-state index in [9.17, 15) is 0 Å². The largest absolute Gasteiger partial charge is 0.497 e. The van der Waals surface area contributed by atoms with E-state index in [1.165, 1.54) is 5.56 Å². The van der Waals surface area contributed by atoms with Crippen molar-refractivity contribution in [3.05, 3.63) is 72.1 Å². The molecule has 3 aromatic rings. The molecule has 0 unspecified atom stereocenters. The highest BCUT2D eigenvalue weighted by molar-refractivity contribution is 14.0. The van der Waals surface area contributed by atoms with Crippen LogP contribution in [0.25, 0.3) is 5.69 Å². The van der Waals surface area contributed by atoms with Crippen molar-refractivity contribution in [3.63, 3.8) is 0 Å². The highest BCUT2D eigenvalue weighted by Crippen LogP contribution is 2.15. The van der Waals surface area contributed by atoms with Gasteiger partial charge in [-0.15, -0.1) is 24.0 Å². The number of methoxy groups -OCH3 is 2. The van der Waals surface area contributed by atoms with Crippen molar-refractivity contribution < 1.29 is 9.47 Å². The van der Waals surface area contributed by atoms with Crippen LogP contribution in [-0.2, 0) is 13.1 Å². The lowest BCUT2D eigenvalue weighted by Gasteiger charge is -2.22. The first-order chi connectivity index (χ1) is 14.1. The van der Waals surface area contributed by atoms with E-state index in [1.54, 1.807) is 21.3 Å². The maximum Gasteiger partial charge on any atom is 0.194 e. The molecule has 1 aromatic heterocycles. The molecule has 2 aromatic carbocycles. The van der Waals surface area contributed by atoms with Crippen LogP contribution in [0.3, 0.4) is 0 Å². The van der Waals surface area contributed by atoms with Crippen molar-refractivity contribution in [2.45, 2.75) is 13.1 Å². The molecule has 0 saturated carbocycles. The molecule has 7 nitrogen and oxygen atoms in total. The van der Waals surface area contributed by atoms with Gasteiger partial charge in [-0.05, 0) is 48.0 Å². The number of guanidine groups is 1. The normalized spacial score (nSPS) is 10.9. The van der Waals surface area contributed by atoms with Gasteiger partial charge in [0.25, 0.3) is 0 Å². The summed E-state index contributed by atoms with van der Waals surface area (Å²) >= 11 is 0. The summed E-state index contributed by atoms with van der Waals surface area (Å²) in [5.74, 6) is 2.48. The average Bonchev–Trinajstić information content (AvgIpc) is 3.24. The van der Waals surface area contributed by atoms with Gasteiger partial charge in [-0.1, -0.05) is 12.1 Å². The molecule has 0 saturated heterocycles. The van der Waals surface area contributed by atoms with Crippen molar-refractivity contribution in [3.8, 4) is 17.2 Å². The molecule has 0 spiro atoms. The molecular weight excluding hydrogens is 493 g/mol. The van der Waals surface area contributed by atoms with E-state index in [0.29, 0.717) is 6.54 Å². The van der Waals surface area contributed by atoms with Crippen LogP contribution in [0.4, 0.5) is 0 Å². The minimum absolute atomic E-state index is 0. The van der Waals surface area contributed by atoms with E-state index < -0.39 is 0 Å². The lowest BCUT2D eigenvalue weighted by molar-refractivity contribution is 0.414. The summed E-state index contributed by atoms with van der Waals surface area (Å²) in [5.41, 5.74) is 3.10. The van der Waals surface area contributed by atoms with Gasteiger partial charge in [-0.2, -0.15) is 5.10 Å². The molecule has 0 aliphatic rings. The molecule has 30 heavy (non-hydrogen) atoms. The topological polar surface area (TPSA) is 63.9 Å². The van der Waals surface area contributed by atoms with Crippen LogP contribution >= 0.6 is 24.0 Å². The third-order valence-corrected chi connectivity index (χ3v) is 4.56. The second kappa shape index (κ2) is 11.4. The summed E-state index contributed by atoms with van der Waals surface area (Å²) in [5, 5.41) is 8.00. The highest BCUT2D eigenvalue weighted by Gasteiger charge is 2.08. The molecule has 0 amide bonds. The Bertz CT molecular complexity index is 939. The van der Waals surface area contributed by atoms with E-state index in [0.717, 1.165) is 35.4 Å². The molecule has 0 fully saturated rings. The van der Waals surface area contributed by atoms with Crippen LogP contribution in [0.1, 0.15) is 11.3 Å². The van der Waals surface area contributed by atoms with Crippen molar-refractivity contribution >= 4 is 29.9 Å². The fourth-order valence-electron chi connectivity index (χ4n) is 2.97. The molecular formula is C22H28IN5O2. The van der Waals surface area contributed by atoms with Gasteiger partial charge in [0.15, 0.2) is 5.96 Å². The van der Waals surface area contributed by atoms with Crippen LogP contribution in [0.15, 0.2) is 65.8 Å². The SMILES string of the molecule is CN=C(NCc1ccn(-c2ccc(OC)cc2)n1)N(C)Cc1ccc(OC)cc1.I. The van der Waals surface area contributed by atoms with Crippen LogP contribution in [-0.4, -0.2) is 49.0 Å². The average molecular weight is 521 g/mol. The zero-order chi connectivity index (χ0) is 20.6. The van der Waals surface area contributed by atoms with Gasteiger partial charge in [-0.25, -0.2) is 4.68 Å². The Morgan fingerprint density at radius 2 is 1.60 bits per heavy atom. The van der Waals surface area contributed by atoms with Crippen molar-refractivity contribution in [1.29, 1.82) is 0 Å². The van der Waals surface area contributed by atoms with E-state index in [4.69, 9.17) is 9.47 Å². The van der Waals surface area contributed by atoms with Crippen molar-refractivity contribution in [2.24, 2.45) is 4.99 Å². The van der Waals surface area contributed by atoms with Gasteiger partial charge in [0.2, 0.25) is 0 Å². The zero-order valence-corrected chi connectivity index (χ0v) is 20.0. The Hall–Kier alpha value is -2.75. The monoisotopic (exact) mass is 521 g/mol.